The summed E-state index contributed by atoms with van der Waals surface area (Å²) in [6.07, 6.45) is 9.08. The maximum absolute atomic E-state index is 12.9. The minimum atomic E-state index is -0.218. The lowest BCUT2D eigenvalue weighted by atomic mass is 9.83. The number of hydrogen-bond donors (Lipinski definition) is 0. The number of rotatable bonds is 6. The Hall–Kier alpha value is -1.58. The number of aryl methyl sites for hydroxylation is 1. The van der Waals surface area contributed by atoms with Crippen molar-refractivity contribution < 1.29 is 9.13 Å². The van der Waals surface area contributed by atoms with Crippen LogP contribution in [-0.4, -0.2) is 31.1 Å². The molecule has 2 aromatic rings. The molecule has 2 aromatic carbocycles. The molecule has 2 nitrogen and oxygen atoms in total. The van der Waals surface area contributed by atoms with E-state index in [2.05, 4.69) is 23.1 Å². The summed E-state index contributed by atoms with van der Waals surface area (Å²) in [6.45, 7) is 3.94. The molecular formula is C24H31ClFNO. The van der Waals surface area contributed by atoms with Crippen molar-refractivity contribution in [2.45, 2.75) is 44.9 Å². The summed E-state index contributed by atoms with van der Waals surface area (Å²) in [5.74, 6) is 1.34. The first-order valence-corrected chi connectivity index (χ1v) is 10.5. The highest BCUT2D eigenvalue weighted by atomic mass is 35.5. The molecule has 1 saturated heterocycles. The van der Waals surface area contributed by atoms with Crippen LogP contribution in [0.5, 0.6) is 5.75 Å². The molecule has 0 spiro atoms. The average molecular weight is 404 g/mol. The van der Waals surface area contributed by atoms with Crippen molar-refractivity contribution in [2.24, 2.45) is 5.92 Å². The molecule has 2 aliphatic rings. The molecule has 0 amide bonds. The fourth-order valence-corrected chi connectivity index (χ4v) is 4.60. The maximum atomic E-state index is 12.9. The number of ether oxygens (including phenoxy) is 1. The van der Waals surface area contributed by atoms with Gasteiger partial charge in [-0.15, -0.1) is 12.4 Å². The van der Waals surface area contributed by atoms with Crippen LogP contribution in [0.4, 0.5) is 4.39 Å². The minimum Gasteiger partial charge on any atom is -0.492 e. The molecular weight excluding hydrogens is 373 g/mol. The summed E-state index contributed by atoms with van der Waals surface area (Å²) in [7, 11) is 0. The first kappa shape index (κ1) is 21.1. The van der Waals surface area contributed by atoms with Crippen molar-refractivity contribution in [3.63, 3.8) is 0 Å². The Morgan fingerprint density at radius 3 is 2.50 bits per heavy atom. The molecule has 0 unspecified atom stereocenters. The largest absolute Gasteiger partial charge is 0.492 e. The number of benzene rings is 2. The van der Waals surface area contributed by atoms with Gasteiger partial charge in [0.05, 0.1) is 0 Å². The Morgan fingerprint density at radius 2 is 1.71 bits per heavy atom. The second-order valence-corrected chi connectivity index (χ2v) is 8.05. The van der Waals surface area contributed by atoms with Gasteiger partial charge in [-0.05, 0) is 105 Å². The van der Waals surface area contributed by atoms with Gasteiger partial charge >= 0.3 is 0 Å². The smallest absolute Gasteiger partial charge is 0.123 e. The fourth-order valence-electron chi connectivity index (χ4n) is 4.60. The summed E-state index contributed by atoms with van der Waals surface area (Å²) in [5, 5.41) is 0. The first-order chi connectivity index (χ1) is 13.3. The van der Waals surface area contributed by atoms with Gasteiger partial charge in [-0.25, -0.2) is 4.39 Å². The molecule has 28 heavy (non-hydrogen) atoms. The predicted molar refractivity (Wildman–Crippen MR) is 115 cm³/mol. The van der Waals surface area contributed by atoms with E-state index in [4.69, 9.17) is 4.74 Å². The van der Waals surface area contributed by atoms with E-state index in [1.807, 2.05) is 0 Å². The van der Waals surface area contributed by atoms with Gasteiger partial charge in [0.15, 0.2) is 0 Å². The van der Waals surface area contributed by atoms with Crippen LogP contribution in [-0.2, 0) is 19.3 Å². The van der Waals surface area contributed by atoms with Crippen LogP contribution < -0.4 is 4.74 Å². The summed E-state index contributed by atoms with van der Waals surface area (Å²) >= 11 is 0. The van der Waals surface area contributed by atoms with E-state index < -0.39 is 0 Å². The van der Waals surface area contributed by atoms with Crippen molar-refractivity contribution in [1.29, 1.82) is 0 Å². The average Bonchev–Trinajstić information content (AvgIpc) is 2.71. The number of fused-ring (bicyclic) bond motifs is 1. The van der Waals surface area contributed by atoms with E-state index >= 15 is 0 Å². The molecule has 1 aliphatic carbocycles. The molecule has 4 heteroatoms. The van der Waals surface area contributed by atoms with Crippen LogP contribution in [0, 0.1) is 11.7 Å². The zero-order chi connectivity index (χ0) is 18.5. The van der Waals surface area contributed by atoms with E-state index in [0.717, 1.165) is 31.3 Å². The quantitative estimate of drug-likeness (QED) is 0.635. The second kappa shape index (κ2) is 10.3. The van der Waals surface area contributed by atoms with Crippen LogP contribution in [0.3, 0.4) is 0 Å². The van der Waals surface area contributed by atoms with Crippen molar-refractivity contribution >= 4 is 12.4 Å². The molecule has 0 aromatic heterocycles. The number of halogens is 2. The van der Waals surface area contributed by atoms with Gasteiger partial charge in [-0.3, -0.25) is 4.90 Å². The van der Waals surface area contributed by atoms with E-state index in [1.54, 1.807) is 28.8 Å². The maximum Gasteiger partial charge on any atom is 0.123 e. The molecule has 152 valence electrons. The van der Waals surface area contributed by atoms with E-state index in [0.29, 0.717) is 6.61 Å². The van der Waals surface area contributed by atoms with Crippen LogP contribution in [0.25, 0.3) is 0 Å². The Kier molecular flexibility index (Phi) is 7.75. The number of piperidine rings is 1. The molecule has 1 fully saturated rings. The Morgan fingerprint density at radius 1 is 0.964 bits per heavy atom. The normalized spacial score (nSPS) is 17.6. The standard InChI is InChI=1S/C24H30FNO.ClH/c25-22-8-10-23(11-9-22)27-17-16-26-14-12-19(13-15-26)18-21-6-3-5-20-4-1-2-7-24(20)21;/h3,5-6,8-11,19H,1-2,4,7,12-18H2;1H. The van der Waals surface area contributed by atoms with Crippen LogP contribution >= 0.6 is 12.4 Å². The van der Waals surface area contributed by atoms with Crippen molar-refractivity contribution in [3.8, 4) is 5.75 Å². The molecule has 1 aliphatic heterocycles. The van der Waals surface area contributed by atoms with E-state index in [1.165, 1.54) is 57.1 Å². The zero-order valence-corrected chi connectivity index (χ0v) is 17.4. The second-order valence-electron chi connectivity index (χ2n) is 8.05. The number of nitrogens with zero attached hydrogens (tertiary/aromatic N) is 1. The van der Waals surface area contributed by atoms with Crippen molar-refractivity contribution in [1.82, 2.24) is 4.90 Å². The molecule has 0 saturated carbocycles. The van der Waals surface area contributed by atoms with Crippen molar-refractivity contribution in [2.75, 3.05) is 26.2 Å². The molecule has 0 atom stereocenters. The van der Waals surface area contributed by atoms with E-state index in [9.17, 15) is 4.39 Å². The Bertz CT molecular complexity index is 741. The zero-order valence-electron chi connectivity index (χ0n) is 16.5. The third-order valence-electron chi connectivity index (χ3n) is 6.20. The molecule has 4 rings (SSSR count). The highest BCUT2D eigenvalue weighted by molar-refractivity contribution is 5.85. The summed E-state index contributed by atoms with van der Waals surface area (Å²) < 4.78 is 18.7. The van der Waals surface area contributed by atoms with Gasteiger partial charge in [0.25, 0.3) is 0 Å². The summed E-state index contributed by atoms with van der Waals surface area (Å²) in [5.41, 5.74) is 4.89. The highest BCUT2D eigenvalue weighted by Gasteiger charge is 2.21. The van der Waals surface area contributed by atoms with Gasteiger partial charge < -0.3 is 4.74 Å². The highest BCUT2D eigenvalue weighted by Crippen LogP contribution is 2.29. The van der Waals surface area contributed by atoms with Gasteiger partial charge in [0.2, 0.25) is 0 Å². The van der Waals surface area contributed by atoms with E-state index in [-0.39, 0.29) is 18.2 Å². The monoisotopic (exact) mass is 403 g/mol. The third-order valence-corrected chi connectivity index (χ3v) is 6.20. The Labute approximate surface area is 174 Å². The molecule has 1 heterocycles. The fraction of sp³-hybridized carbons (Fsp3) is 0.500. The molecule has 0 bridgehead atoms. The van der Waals surface area contributed by atoms with Gasteiger partial charge in [-0.1, -0.05) is 18.2 Å². The summed E-state index contributed by atoms with van der Waals surface area (Å²) in [4.78, 5) is 2.50. The van der Waals surface area contributed by atoms with Gasteiger partial charge in [-0.2, -0.15) is 0 Å². The molecule has 0 N–H and O–H groups in total. The number of hydrogen-bond acceptors (Lipinski definition) is 2. The first-order valence-electron chi connectivity index (χ1n) is 10.5. The van der Waals surface area contributed by atoms with Gasteiger partial charge in [0, 0.05) is 6.54 Å². The lowest BCUT2D eigenvalue weighted by Gasteiger charge is -2.32. The third kappa shape index (κ3) is 5.48. The number of likely N-dealkylation sites (tertiary alicyclic amines) is 1. The Balaban J connectivity index is 0.00000225. The van der Waals surface area contributed by atoms with Crippen molar-refractivity contribution in [3.05, 3.63) is 65.0 Å². The molecule has 0 radical (unpaired) electrons. The van der Waals surface area contributed by atoms with Crippen LogP contribution in [0.2, 0.25) is 0 Å². The predicted octanol–water partition coefficient (Wildman–Crippen LogP) is 5.46. The van der Waals surface area contributed by atoms with Crippen LogP contribution in [0.1, 0.15) is 42.4 Å². The van der Waals surface area contributed by atoms with Crippen LogP contribution in [0.15, 0.2) is 42.5 Å². The lowest BCUT2D eigenvalue weighted by Crippen LogP contribution is -2.37. The topological polar surface area (TPSA) is 12.5 Å². The SMILES string of the molecule is Cl.Fc1ccc(OCCN2CCC(Cc3cccc4c3CCCC4)CC2)cc1. The lowest BCUT2D eigenvalue weighted by molar-refractivity contribution is 0.154. The minimum absolute atomic E-state index is 0. The van der Waals surface area contributed by atoms with Gasteiger partial charge in [0.1, 0.15) is 18.2 Å². The summed E-state index contributed by atoms with van der Waals surface area (Å²) in [6, 6.07) is 13.3.